The number of ketones is 1. The molecule has 0 aliphatic heterocycles. The maximum Gasteiger partial charge on any atom is 1.00 e. The molecule has 0 amide bonds. The summed E-state index contributed by atoms with van der Waals surface area (Å²) in [4.78, 5) is 10.9. The summed E-state index contributed by atoms with van der Waals surface area (Å²) in [5.41, 5.74) is 0.0753. The van der Waals surface area contributed by atoms with E-state index in [0.717, 1.165) is 38.5 Å². The standard InChI is InChI=1S/C18H29O2.C2H6.K/c1-12(6-5-7-13(2)19)15-10-11-18(4)16(14(15)3)8-9-17(18)20;1-2;/h12,14-17,20H,1-3,5-11H2,4H3;1-2H3;/q-3;;+1. The smallest absolute Gasteiger partial charge is 0.393 e. The van der Waals surface area contributed by atoms with Gasteiger partial charge < -0.3 is 30.7 Å². The van der Waals surface area contributed by atoms with E-state index in [2.05, 4.69) is 27.7 Å². The molecule has 2 aliphatic carbocycles. The fourth-order valence-corrected chi connectivity index (χ4v) is 4.65. The van der Waals surface area contributed by atoms with Crippen LogP contribution in [-0.4, -0.2) is 17.0 Å². The van der Waals surface area contributed by atoms with Gasteiger partial charge in [0.05, 0.1) is 6.10 Å². The van der Waals surface area contributed by atoms with E-state index in [1.54, 1.807) is 0 Å². The molecule has 0 aromatic rings. The van der Waals surface area contributed by atoms with Crippen molar-refractivity contribution in [3.63, 3.8) is 0 Å². The Morgan fingerprint density at radius 3 is 2.48 bits per heavy atom. The summed E-state index contributed by atoms with van der Waals surface area (Å²) < 4.78 is 0. The van der Waals surface area contributed by atoms with Crippen LogP contribution in [0.4, 0.5) is 0 Å². The van der Waals surface area contributed by atoms with Gasteiger partial charge in [0, 0.05) is 0 Å². The van der Waals surface area contributed by atoms with Gasteiger partial charge in [-0.25, -0.2) is 0 Å². The molecule has 0 heterocycles. The molecule has 2 saturated carbocycles. The van der Waals surface area contributed by atoms with Gasteiger partial charge in [-0.1, -0.05) is 51.9 Å². The quantitative estimate of drug-likeness (QED) is 0.607. The number of aliphatic hydroxyl groups is 1. The van der Waals surface area contributed by atoms with Crippen molar-refractivity contribution >= 4 is 5.78 Å². The van der Waals surface area contributed by atoms with Gasteiger partial charge >= 0.3 is 51.4 Å². The van der Waals surface area contributed by atoms with Crippen LogP contribution < -0.4 is 51.4 Å². The van der Waals surface area contributed by atoms with Gasteiger partial charge in [0.15, 0.2) is 0 Å². The zero-order valence-electron chi connectivity index (χ0n) is 15.8. The van der Waals surface area contributed by atoms with Crippen LogP contribution in [0.15, 0.2) is 0 Å². The van der Waals surface area contributed by atoms with Gasteiger partial charge in [0.1, 0.15) is 0 Å². The number of hydrogen-bond donors (Lipinski definition) is 1. The van der Waals surface area contributed by atoms with Crippen LogP contribution in [0.1, 0.15) is 65.7 Å². The van der Waals surface area contributed by atoms with Crippen LogP contribution in [0, 0.1) is 49.9 Å². The Kier molecular flexibility index (Phi) is 11.5. The molecule has 2 fully saturated rings. The SMILES string of the molecule is CC.[CH2-]C(=O)CCCC([CH2-])C1CCC2(C)C(O)CCC2C1[CH2-].[K+]. The molecule has 0 aromatic carbocycles. The Morgan fingerprint density at radius 2 is 1.91 bits per heavy atom. The molecule has 6 atom stereocenters. The molecular weight excluding hydrogens is 311 g/mol. The van der Waals surface area contributed by atoms with Gasteiger partial charge in [0.2, 0.25) is 0 Å². The van der Waals surface area contributed by atoms with Gasteiger partial charge in [0.25, 0.3) is 0 Å². The summed E-state index contributed by atoms with van der Waals surface area (Å²) in [5, 5.41) is 10.2. The molecule has 130 valence electrons. The average Bonchev–Trinajstić information content (AvgIpc) is 2.78. The van der Waals surface area contributed by atoms with Crippen LogP contribution in [0.25, 0.3) is 0 Å². The molecule has 0 radical (unpaired) electrons. The van der Waals surface area contributed by atoms with Crippen molar-refractivity contribution in [1.82, 2.24) is 0 Å². The molecule has 2 rings (SSSR count). The van der Waals surface area contributed by atoms with E-state index in [4.69, 9.17) is 0 Å². The predicted octanol–water partition coefficient (Wildman–Crippen LogP) is 1.68. The van der Waals surface area contributed by atoms with E-state index in [-0.39, 0.29) is 68.7 Å². The Labute approximate surface area is 187 Å². The van der Waals surface area contributed by atoms with Crippen LogP contribution in [0.3, 0.4) is 0 Å². The normalized spacial score (nSPS) is 37.0. The van der Waals surface area contributed by atoms with Crippen molar-refractivity contribution < 1.29 is 61.3 Å². The van der Waals surface area contributed by atoms with Crippen LogP contribution >= 0.6 is 0 Å². The number of rotatable bonds is 5. The average molecular weight is 347 g/mol. The summed E-state index contributed by atoms with van der Waals surface area (Å²) in [6.45, 7) is 18.4. The van der Waals surface area contributed by atoms with E-state index in [0.29, 0.717) is 30.1 Å². The molecular formula is C20H35KO2-2. The second kappa shape index (κ2) is 11.0. The van der Waals surface area contributed by atoms with E-state index in [9.17, 15) is 9.90 Å². The van der Waals surface area contributed by atoms with Crippen molar-refractivity contribution in [3.8, 4) is 0 Å². The third-order valence-electron chi connectivity index (χ3n) is 6.08. The second-order valence-electron chi connectivity index (χ2n) is 7.26. The minimum absolute atomic E-state index is 0. The topological polar surface area (TPSA) is 37.3 Å². The summed E-state index contributed by atoms with van der Waals surface area (Å²) >= 11 is 0. The number of fused-ring (bicyclic) bond motifs is 1. The van der Waals surface area contributed by atoms with Crippen LogP contribution in [0.2, 0.25) is 0 Å². The molecule has 0 bridgehead atoms. The first-order valence-corrected chi connectivity index (χ1v) is 9.05. The Hall–Kier alpha value is 1.14. The monoisotopic (exact) mass is 346 g/mol. The van der Waals surface area contributed by atoms with Crippen LogP contribution in [-0.2, 0) is 4.79 Å². The fourth-order valence-electron chi connectivity index (χ4n) is 4.65. The summed E-state index contributed by atoms with van der Waals surface area (Å²) in [6.07, 6.45) is 6.55. The molecule has 0 aromatic heterocycles. The molecule has 1 N–H and O–H groups in total. The molecule has 2 nitrogen and oxygen atoms in total. The first-order chi connectivity index (χ1) is 10.4. The molecule has 0 saturated heterocycles. The van der Waals surface area contributed by atoms with Crippen molar-refractivity contribution in [2.45, 2.75) is 71.8 Å². The van der Waals surface area contributed by atoms with Crippen molar-refractivity contribution in [2.24, 2.45) is 29.1 Å². The minimum atomic E-state index is -0.148. The molecule has 2 aliphatic rings. The summed E-state index contributed by atoms with van der Waals surface area (Å²) in [6, 6.07) is 0. The number of carbonyl (C=O) groups is 1. The van der Waals surface area contributed by atoms with Gasteiger partial charge in [-0.05, 0) is 36.9 Å². The maximum atomic E-state index is 10.9. The third-order valence-corrected chi connectivity index (χ3v) is 6.08. The van der Waals surface area contributed by atoms with E-state index >= 15 is 0 Å². The predicted molar refractivity (Wildman–Crippen MR) is 92.8 cm³/mol. The summed E-state index contributed by atoms with van der Waals surface area (Å²) in [7, 11) is 0. The zero-order chi connectivity index (χ0) is 16.9. The number of Topliss-reactive ketones (excluding diaryl/α,β-unsaturated/α-hetero) is 1. The second-order valence-corrected chi connectivity index (χ2v) is 7.26. The Morgan fingerprint density at radius 1 is 1.30 bits per heavy atom. The number of carbonyl (C=O) groups excluding carboxylic acids is 1. The maximum absolute atomic E-state index is 10.9. The molecule has 23 heavy (non-hydrogen) atoms. The van der Waals surface area contributed by atoms with E-state index in [1.807, 2.05) is 13.8 Å². The molecule has 3 heteroatoms. The third kappa shape index (κ3) is 5.82. The van der Waals surface area contributed by atoms with Gasteiger partial charge in [-0.3, -0.25) is 0 Å². The van der Waals surface area contributed by atoms with Crippen LogP contribution in [0.5, 0.6) is 0 Å². The minimum Gasteiger partial charge on any atom is -0.393 e. The molecule has 0 spiro atoms. The van der Waals surface area contributed by atoms with E-state index < -0.39 is 0 Å². The number of aliphatic hydroxyl groups excluding tert-OH is 1. The largest absolute Gasteiger partial charge is 1.00 e. The van der Waals surface area contributed by atoms with Crippen molar-refractivity contribution in [1.29, 1.82) is 0 Å². The number of hydrogen-bond acceptors (Lipinski definition) is 2. The van der Waals surface area contributed by atoms with Gasteiger partial charge in [-0.2, -0.15) is 11.8 Å². The zero-order valence-corrected chi connectivity index (χ0v) is 18.9. The Bertz CT molecular complexity index is 358. The van der Waals surface area contributed by atoms with E-state index in [1.165, 1.54) is 0 Å². The Balaban J connectivity index is 0.00000155. The van der Waals surface area contributed by atoms with Crippen molar-refractivity contribution in [3.05, 3.63) is 20.8 Å². The first-order valence-electron chi connectivity index (χ1n) is 9.05. The fraction of sp³-hybridized carbons (Fsp3) is 0.800. The first kappa shape index (κ1) is 24.1. The summed E-state index contributed by atoms with van der Waals surface area (Å²) in [5.74, 6) is 1.87. The van der Waals surface area contributed by atoms with Gasteiger partial charge in [-0.15, -0.1) is 0 Å². The molecule has 6 unspecified atom stereocenters. The van der Waals surface area contributed by atoms with Crippen molar-refractivity contribution in [2.75, 3.05) is 0 Å².